The largest absolute Gasteiger partial charge is 0.370 e. The second-order valence-electron chi connectivity index (χ2n) is 3.63. The lowest BCUT2D eigenvalue weighted by atomic mass is 10.1. The highest BCUT2D eigenvalue weighted by Gasteiger charge is 2.18. The summed E-state index contributed by atoms with van der Waals surface area (Å²) in [5, 5.41) is 0. The highest BCUT2D eigenvalue weighted by Crippen LogP contribution is 2.10. The molecule has 0 N–H and O–H groups in total. The lowest BCUT2D eigenvalue weighted by Crippen LogP contribution is -2.40. The average molecular weight is 242 g/mol. The summed E-state index contributed by atoms with van der Waals surface area (Å²) in [5.74, 6) is 0.269. The molecule has 2 rings (SSSR count). The number of morpholine rings is 1. The molecule has 16 heavy (non-hydrogen) atoms. The van der Waals surface area contributed by atoms with Crippen LogP contribution in [-0.2, 0) is 22.0 Å². The number of rotatable bonds is 3. The SMILES string of the molecule is [2H]C1([2H])CN(Cc2ccc(CCl)cc2)C(=O)CO1. The van der Waals surface area contributed by atoms with Crippen LogP contribution in [0.1, 0.15) is 13.9 Å². The monoisotopic (exact) mass is 241 g/mol. The van der Waals surface area contributed by atoms with Crippen molar-refractivity contribution in [2.24, 2.45) is 0 Å². The van der Waals surface area contributed by atoms with Crippen molar-refractivity contribution in [3.05, 3.63) is 35.4 Å². The van der Waals surface area contributed by atoms with Crippen LogP contribution >= 0.6 is 11.6 Å². The zero-order valence-corrected chi connectivity index (χ0v) is 9.54. The Hall–Kier alpha value is -1.06. The van der Waals surface area contributed by atoms with Gasteiger partial charge in [0, 0.05) is 19.0 Å². The average Bonchev–Trinajstić information content (AvgIpc) is 2.35. The van der Waals surface area contributed by atoms with Gasteiger partial charge in [-0.2, -0.15) is 0 Å². The van der Waals surface area contributed by atoms with E-state index in [2.05, 4.69) is 0 Å². The maximum absolute atomic E-state index is 11.6. The molecule has 1 heterocycles. The van der Waals surface area contributed by atoms with E-state index in [1.165, 1.54) is 4.90 Å². The first kappa shape index (κ1) is 9.02. The molecule has 1 amide bonds. The van der Waals surface area contributed by atoms with Crippen LogP contribution in [0, 0.1) is 0 Å². The molecule has 0 aromatic heterocycles. The highest BCUT2D eigenvalue weighted by molar-refractivity contribution is 6.17. The summed E-state index contributed by atoms with van der Waals surface area (Å²) in [5.41, 5.74) is 1.97. The Kier molecular flexibility index (Phi) is 3.00. The van der Waals surface area contributed by atoms with E-state index in [-0.39, 0.29) is 19.1 Å². The van der Waals surface area contributed by atoms with Crippen molar-refractivity contribution >= 4 is 17.5 Å². The minimum atomic E-state index is -1.76. The Bertz CT molecular complexity index is 436. The van der Waals surface area contributed by atoms with Gasteiger partial charge in [-0.25, -0.2) is 0 Å². The van der Waals surface area contributed by atoms with Gasteiger partial charge < -0.3 is 9.64 Å². The van der Waals surface area contributed by atoms with Crippen LogP contribution in [0.25, 0.3) is 0 Å². The zero-order chi connectivity index (χ0) is 13.2. The molecular formula is C12H14ClNO2. The number of carbonyl (C=O) groups is 1. The first-order valence-electron chi connectivity index (χ1n) is 6.06. The molecule has 0 saturated carbocycles. The molecule has 1 fully saturated rings. The van der Waals surface area contributed by atoms with E-state index >= 15 is 0 Å². The molecule has 0 unspecified atom stereocenters. The molecule has 1 aromatic rings. The third kappa shape index (κ3) is 2.74. The fourth-order valence-corrected chi connectivity index (χ4v) is 1.69. The molecule has 0 aliphatic carbocycles. The van der Waals surface area contributed by atoms with Gasteiger partial charge >= 0.3 is 0 Å². The second-order valence-corrected chi connectivity index (χ2v) is 3.90. The van der Waals surface area contributed by atoms with Crippen molar-refractivity contribution in [2.75, 3.05) is 19.7 Å². The van der Waals surface area contributed by atoms with Crippen LogP contribution in [-0.4, -0.2) is 30.5 Å². The minimum absolute atomic E-state index is 0.0386. The van der Waals surface area contributed by atoms with E-state index in [4.69, 9.17) is 19.1 Å². The standard InChI is InChI=1S/C12H14ClNO2/c13-7-10-1-3-11(4-2-10)8-14-5-6-16-9-12(14)15/h1-4H,5-9H2/i6D2. The van der Waals surface area contributed by atoms with Crippen LogP contribution in [0.5, 0.6) is 0 Å². The normalized spacial score (nSPS) is 21.6. The minimum Gasteiger partial charge on any atom is -0.370 e. The third-order valence-electron chi connectivity index (χ3n) is 2.46. The molecule has 0 atom stereocenters. The predicted octanol–water partition coefficient (Wildman–Crippen LogP) is 1.78. The number of hydrogen-bond donors (Lipinski definition) is 0. The molecule has 1 aliphatic heterocycles. The van der Waals surface area contributed by atoms with Gasteiger partial charge in [0.05, 0.1) is 9.30 Å². The van der Waals surface area contributed by atoms with Gasteiger partial charge in [-0.15, -0.1) is 11.6 Å². The van der Waals surface area contributed by atoms with Crippen LogP contribution in [0.3, 0.4) is 0 Å². The molecule has 4 heteroatoms. The molecule has 0 spiro atoms. The Morgan fingerprint density at radius 3 is 2.75 bits per heavy atom. The number of halogens is 1. The fraction of sp³-hybridized carbons (Fsp3) is 0.417. The van der Waals surface area contributed by atoms with E-state index in [0.717, 1.165) is 11.1 Å². The molecule has 1 aliphatic rings. The lowest BCUT2D eigenvalue weighted by Gasteiger charge is -2.26. The van der Waals surface area contributed by atoms with Gasteiger partial charge in [0.1, 0.15) is 6.61 Å². The smallest absolute Gasteiger partial charge is 0.248 e. The first-order valence-corrected chi connectivity index (χ1v) is 5.59. The summed E-state index contributed by atoms with van der Waals surface area (Å²) in [6, 6.07) is 7.61. The Morgan fingerprint density at radius 2 is 2.06 bits per heavy atom. The van der Waals surface area contributed by atoms with Gasteiger partial charge in [0.15, 0.2) is 0 Å². The third-order valence-corrected chi connectivity index (χ3v) is 2.77. The van der Waals surface area contributed by atoms with Gasteiger partial charge in [-0.3, -0.25) is 4.79 Å². The van der Waals surface area contributed by atoms with Crippen molar-refractivity contribution in [3.63, 3.8) is 0 Å². The van der Waals surface area contributed by atoms with Gasteiger partial charge in [-0.05, 0) is 11.1 Å². The van der Waals surface area contributed by atoms with Crippen LogP contribution in [0.4, 0.5) is 0 Å². The fourth-order valence-electron chi connectivity index (χ4n) is 1.51. The van der Waals surface area contributed by atoms with E-state index in [9.17, 15) is 4.79 Å². The summed E-state index contributed by atoms with van der Waals surface area (Å²) in [6.45, 7) is -1.61. The number of carbonyl (C=O) groups excluding carboxylic acids is 1. The molecule has 1 aromatic carbocycles. The van der Waals surface area contributed by atoms with Crippen LogP contribution in [0.2, 0.25) is 0 Å². The zero-order valence-electron chi connectivity index (χ0n) is 10.8. The topological polar surface area (TPSA) is 29.5 Å². The summed E-state index contributed by atoms with van der Waals surface area (Å²) < 4.78 is 19.8. The number of amides is 1. The lowest BCUT2D eigenvalue weighted by molar-refractivity contribution is -0.143. The summed E-state index contributed by atoms with van der Waals surface area (Å²) >= 11 is 5.70. The second kappa shape index (κ2) is 5.32. The van der Waals surface area contributed by atoms with Crippen molar-refractivity contribution < 1.29 is 12.3 Å². The number of hydrogen-bond acceptors (Lipinski definition) is 2. The molecular weight excluding hydrogens is 226 g/mol. The number of nitrogens with zero attached hydrogens (tertiary/aromatic N) is 1. The molecule has 0 bridgehead atoms. The predicted molar refractivity (Wildman–Crippen MR) is 62.2 cm³/mol. The van der Waals surface area contributed by atoms with Gasteiger partial charge in [0.2, 0.25) is 5.91 Å². The van der Waals surface area contributed by atoms with E-state index < -0.39 is 6.56 Å². The van der Waals surface area contributed by atoms with E-state index in [1.54, 1.807) is 0 Å². The Balaban J connectivity index is 2.04. The molecule has 0 radical (unpaired) electrons. The van der Waals surface area contributed by atoms with Crippen LogP contribution < -0.4 is 0 Å². The van der Waals surface area contributed by atoms with E-state index in [1.807, 2.05) is 24.3 Å². The Labute approximate surface area is 103 Å². The quantitative estimate of drug-likeness (QED) is 0.755. The maximum Gasteiger partial charge on any atom is 0.248 e. The highest BCUT2D eigenvalue weighted by atomic mass is 35.5. The van der Waals surface area contributed by atoms with Crippen molar-refractivity contribution in [3.8, 4) is 0 Å². The van der Waals surface area contributed by atoms with E-state index in [0.29, 0.717) is 12.4 Å². The molecule has 3 nitrogen and oxygen atoms in total. The van der Waals surface area contributed by atoms with Crippen LogP contribution in [0.15, 0.2) is 24.3 Å². The van der Waals surface area contributed by atoms with Gasteiger partial charge in [0.25, 0.3) is 0 Å². The molecule has 1 saturated heterocycles. The summed E-state index contributed by atoms with van der Waals surface area (Å²) in [7, 11) is 0. The van der Waals surface area contributed by atoms with Crippen molar-refractivity contribution in [2.45, 2.75) is 12.4 Å². The first-order chi connectivity index (χ1) is 8.50. The molecule has 86 valence electrons. The summed E-state index contributed by atoms with van der Waals surface area (Å²) in [6.07, 6.45) is 0. The summed E-state index contributed by atoms with van der Waals surface area (Å²) in [4.78, 5) is 13.1. The van der Waals surface area contributed by atoms with Crippen molar-refractivity contribution in [1.29, 1.82) is 0 Å². The van der Waals surface area contributed by atoms with Crippen molar-refractivity contribution in [1.82, 2.24) is 4.90 Å². The number of alkyl halides is 1. The Morgan fingerprint density at radius 1 is 1.38 bits per heavy atom. The number of benzene rings is 1. The van der Waals surface area contributed by atoms with Gasteiger partial charge in [-0.1, -0.05) is 24.3 Å². The number of ether oxygens (including phenoxy) is 1. The maximum atomic E-state index is 11.6.